The van der Waals surface area contributed by atoms with Gasteiger partial charge in [-0.2, -0.15) is 5.43 Å². The Morgan fingerprint density at radius 2 is 2.00 bits per heavy atom. The van der Waals surface area contributed by atoms with Crippen LogP contribution in [0, 0.1) is 0 Å². The number of nitrogens with one attached hydrogen (secondary N) is 1. The molecule has 1 fully saturated rings. The van der Waals surface area contributed by atoms with E-state index >= 15 is 0 Å². The highest BCUT2D eigenvalue weighted by Gasteiger charge is 2.53. The molecule has 104 valence electrons. The summed E-state index contributed by atoms with van der Waals surface area (Å²) in [6.07, 6.45) is -1.20. The Labute approximate surface area is 110 Å². The van der Waals surface area contributed by atoms with Crippen molar-refractivity contribution in [2.45, 2.75) is 18.9 Å². The quantitative estimate of drug-likeness (QED) is 0.643. The molecule has 7 heteroatoms. The molecule has 7 nitrogen and oxygen atoms in total. The van der Waals surface area contributed by atoms with Crippen molar-refractivity contribution in [3.8, 4) is 5.75 Å². The number of nitrogens with zero attached hydrogens (tertiary/aromatic N) is 1. The number of rotatable bonds is 4. The van der Waals surface area contributed by atoms with Gasteiger partial charge in [-0.3, -0.25) is 4.79 Å². The monoisotopic (exact) mass is 268 g/mol. The van der Waals surface area contributed by atoms with E-state index in [9.17, 15) is 15.0 Å². The Kier molecular flexibility index (Phi) is 3.72. The topological polar surface area (TPSA) is 91.3 Å². The van der Waals surface area contributed by atoms with Crippen LogP contribution in [0.15, 0.2) is 24.3 Å². The van der Waals surface area contributed by atoms with E-state index < -0.39 is 17.9 Å². The van der Waals surface area contributed by atoms with Gasteiger partial charge in [0, 0.05) is 6.61 Å². The molecule has 2 rings (SSSR count). The number of benzene rings is 1. The summed E-state index contributed by atoms with van der Waals surface area (Å²) in [7, 11) is 1.53. The number of hydrazine groups is 1. The van der Waals surface area contributed by atoms with E-state index in [1.165, 1.54) is 7.11 Å². The van der Waals surface area contributed by atoms with E-state index in [0.29, 0.717) is 11.4 Å². The molecule has 0 aromatic heterocycles. The van der Waals surface area contributed by atoms with Crippen molar-refractivity contribution in [1.82, 2.24) is 5.43 Å². The Balaban J connectivity index is 2.23. The minimum Gasteiger partial charge on any atom is -0.497 e. The number of amides is 1. The van der Waals surface area contributed by atoms with Crippen LogP contribution in [0.3, 0.4) is 0 Å². The Bertz CT molecular complexity index is 460. The summed E-state index contributed by atoms with van der Waals surface area (Å²) in [5.41, 5.74) is 3.07. The van der Waals surface area contributed by atoms with Gasteiger partial charge >= 0.3 is 5.91 Å². The minimum absolute atomic E-state index is 0.240. The van der Waals surface area contributed by atoms with Crippen LogP contribution >= 0.6 is 0 Å². The van der Waals surface area contributed by atoms with Crippen LogP contribution in [0.2, 0.25) is 0 Å². The van der Waals surface area contributed by atoms with Crippen molar-refractivity contribution in [2.75, 3.05) is 18.7 Å². The van der Waals surface area contributed by atoms with Gasteiger partial charge in [-0.25, -0.2) is 5.01 Å². The van der Waals surface area contributed by atoms with Gasteiger partial charge in [-0.05, 0) is 31.2 Å². The molecule has 1 amide bonds. The molecule has 1 atom stereocenters. The number of methoxy groups -OCH3 is 1. The fourth-order valence-electron chi connectivity index (χ4n) is 1.79. The number of carbonyl (C=O) groups excluding carboxylic acids is 1. The van der Waals surface area contributed by atoms with E-state index in [-0.39, 0.29) is 6.61 Å². The molecule has 1 aromatic carbocycles. The molecule has 0 bridgehead atoms. The first kappa shape index (κ1) is 13.8. The van der Waals surface area contributed by atoms with Gasteiger partial charge in [0.05, 0.1) is 12.8 Å². The average molecular weight is 268 g/mol. The van der Waals surface area contributed by atoms with Crippen molar-refractivity contribution in [3.05, 3.63) is 24.3 Å². The molecule has 0 saturated carbocycles. The number of anilines is 1. The van der Waals surface area contributed by atoms with Gasteiger partial charge in [0.25, 0.3) is 5.79 Å². The zero-order chi connectivity index (χ0) is 14.0. The van der Waals surface area contributed by atoms with Crippen molar-refractivity contribution in [3.63, 3.8) is 0 Å². The summed E-state index contributed by atoms with van der Waals surface area (Å²) in [6.45, 7) is 1.93. The lowest BCUT2D eigenvalue weighted by Crippen LogP contribution is -2.48. The van der Waals surface area contributed by atoms with Crippen LogP contribution in [-0.2, 0) is 9.53 Å². The van der Waals surface area contributed by atoms with Crippen LogP contribution in [0.25, 0.3) is 0 Å². The van der Waals surface area contributed by atoms with Gasteiger partial charge in [0.15, 0.2) is 6.23 Å². The Morgan fingerprint density at radius 3 is 2.53 bits per heavy atom. The second-order valence-electron chi connectivity index (χ2n) is 4.03. The van der Waals surface area contributed by atoms with E-state index in [4.69, 9.17) is 9.47 Å². The van der Waals surface area contributed by atoms with Crippen LogP contribution < -0.4 is 15.2 Å². The number of aliphatic hydroxyl groups is 2. The molecule has 0 spiro atoms. The average Bonchev–Trinajstić information content (AvgIpc) is 2.63. The highest BCUT2D eigenvalue weighted by atomic mass is 16.6. The maximum Gasteiger partial charge on any atom is 0.305 e. The third-order valence-corrected chi connectivity index (χ3v) is 2.79. The maximum absolute atomic E-state index is 11.9. The van der Waals surface area contributed by atoms with Crippen LogP contribution in [0.5, 0.6) is 5.75 Å². The Morgan fingerprint density at radius 1 is 1.37 bits per heavy atom. The van der Waals surface area contributed by atoms with E-state index in [2.05, 4.69) is 5.43 Å². The van der Waals surface area contributed by atoms with Crippen LogP contribution in [0.1, 0.15) is 6.92 Å². The molecule has 1 saturated heterocycles. The second-order valence-corrected chi connectivity index (χ2v) is 4.03. The first-order valence-electron chi connectivity index (χ1n) is 5.81. The van der Waals surface area contributed by atoms with Crippen molar-refractivity contribution >= 4 is 11.6 Å². The summed E-state index contributed by atoms with van der Waals surface area (Å²) in [5, 5.41) is 20.5. The molecule has 1 aromatic rings. The normalized spacial score (nSPS) is 21.8. The van der Waals surface area contributed by atoms with Crippen molar-refractivity contribution in [1.29, 1.82) is 0 Å². The lowest BCUT2D eigenvalue weighted by molar-refractivity contribution is -0.219. The summed E-state index contributed by atoms with van der Waals surface area (Å²) in [6, 6.07) is 6.56. The molecule has 3 N–H and O–H groups in total. The molecule has 1 heterocycles. The standard InChI is InChI=1S/C12H16N2O5/c1-3-19-10-12(16,17)11(15)14(13-10)8-4-6-9(18-2)7-5-8/h4-7,10,13,16-17H,3H2,1-2H3. The minimum atomic E-state index is -2.59. The fourth-order valence-corrected chi connectivity index (χ4v) is 1.79. The first-order valence-corrected chi connectivity index (χ1v) is 5.81. The van der Waals surface area contributed by atoms with Gasteiger partial charge in [-0.1, -0.05) is 0 Å². The van der Waals surface area contributed by atoms with Gasteiger partial charge in [0.1, 0.15) is 5.75 Å². The summed E-state index contributed by atoms with van der Waals surface area (Å²) in [5.74, 6) is -2.84. The number of carbonyl (C=O) groups is 1. The van der Waals surface area contributed by atoms with Gasteiger partial charge < -0.3 is 19.7 Å². The molecule has 1 aliphatic heterocycles. The molecule has 19 heavy (non-hydrogen) atoms. The third kappa shape index (κ3) is 2.41. The highest BCUT2D eigenvalue weighted by molar-refractivity contribution is 6.00. The number of ether oxygens (including phenoxy) is 2. The van der Waals surface area contributed by atoms with Crippen molar-refractivity contribution in [2.24, 2.45) is 0 Å². The zero-order valence-corrected chi connectivity index (χ0v) is 10.7. The third-order valence-electron chi connectivity index (χ3n) is 2.79. The molecule has 0 radical (unpaired) electrons. The van der Waals surface area contributed by atoms with E-state index in [1.807, 2.05) is 0 Å². The molecule has 0 aliphatic carbocycles. The van der Waals surface area contributed by atoms with Crippen LogP contribution in [-0.4, -0.2) is 41.9 Å². The lowest BCUT2D eigenvalue weighted by atomic mass is 10.2. The molecular formula is C12H16N2O5. The van der Waals surface area contributed by atoms with E-state index in [1.54, 1.807) is 31.2 Å². The SMILES string of the molecule is CCOC1NN(c2ccc(OC)cc2)C(=O)C1(O)O. The second kappa shape index (κ2) is 5.14. The molecule has 1 aliphatic rings. The van der Waals surface area contributed by atoms with E-state index in [0.717, 1.165) is 5.01 Å². The zero-order valence-electron chi connectivity index (χ0n) is 10.7. The lowest BCUT2D eigenvalue weighted by Gasteiger charge is -2.18. The Hall–Kier alpha value is -1.67. The van der Waals surface area contributed by atoms with Crippen molar-refractivity contribution < 1.29 is 24.5 Å². The highest BCUT2D eigenvalue weighted by Crippen LogP contribution is 2.26. The predicted octanol–water partition coefficient (Wildman–Crippen LogP) is -0.410. The smallest absolute Gasteiger partial charge is 0.305 e. The van der Waals surface area contributed by atoms with Crippen LogP contribution in [0.4, 0.5) is 5.69 Å². The molecular weight excluding hydrogens is 252 g/mol. The number of hydrogen-bond donors (Lipinski definition) is 3. The summed E-state index contributed by atoms with van der Waals surface area (Å²) < 4.78 is 10.1. The largest absolute Gasteiger partial charge is 0.497 e. The number of hydrogen-bond acceptors (Lipinski definition) is 6. The predicted molar refractivity (Wildman–Crippen MR) is 66.2 cm³/mol. The molecule has 1 unspecified atom stereocenters. The fraction of sp³-hybridized carbons (Fsp3) is 0.417. The summed E-state index contributed by atoms with van der Waals surface area (Å²) in [4.78, 5) is 11.9. The summed E-state index contributed by atoms with van der Waals surface area (Å²) >= 11 is 0. The first-order chi connectivity index (χ1) is 9.00. The van der Waals surface area contributed by atoms with Gasteiger partial charge in [0.2, 0.25) is 0 Å². The van der Waals surface area contributed by atoms with Gasteiger partial charge in [-0.15, -0.1) is 0 Å². The maximum atomic E-state index is 11.9.